The van der Waals surface area contributed by atoms with Gasteiger partial charge >= 0.3 is 18.0 Å². The summed E-state index contributed by atoms with van der Waals surface area (Å²) < 4.78 is 28.6. The molecule has 2 unspecified atom stereocenters. The van der Waals surface area contributed by atoms with Crippen molar-refractivity contribution in [2.45, 2.75) is 116 Å². The number of fused-ring (bicyclic) bond motifs is 5. The molecule has 1 aromatic rings. The Morgan fingerprint density at radius 2 is 1.82 bits per heavy atom. The number of alkyl carbamates (subject to hydrolysis) is 1. The number of anilines is 1. The standard InChI is InChI=1S/C34H46ClN3O11.C5H10O2/c1-17-11-10-12-25(46-9)34(44)16-24(47-32(43)36-34)18(2)28-33(5,49-28)29(48-31(42)19(3)37(6)20(4)39)27(40)30(41)38(7)22-14-21(13-17)15-23(45-8)26(22)35;1-4(2)3-5(6)7/h10-12,14-15,18-19,24-25,27-29,40,44H,13,16H2,1-9H3,(H,36,43);4H,3H2,1-2H3,(H,6,7)/b12-10+,17-11+;/t18-,19+,24+,25?,27?,28+,29+,33-,34+;/m1./s1. The number of allylic oxidation sites excluding steroid dienone is 3. The van der Waals surface area contributed by atoms with Crippen LogP contribution in [0.5, 0.6) is 5.75 Å². The summed E-state index contributed by atoms with van der Waals surface area (Å²) >= 11 is 6.68. The van der Waals surface area contributed by atoms with Crippen molar-refractivity contribution < 1.29 is 63.0 Å². The Morgan fingerprint density at radius 3 is 2.36 bits per heavy atom. The van der Waals surface area contributed by atoms with Crippen molar-refractivity contribution in [3.63, 3.8) is 0 Å². The van der Waals surface area contributed by atoms with Gasteiger partial charge in [-0.2, -0.15) is 0 Å². The van der Waals surface area contributed by atoms with Crippen LogP contribution in [0.25, 0.3) is 0 Å². The molecule has 2 saturated heterocycles. The number of halogens is 1. The molecule has 0 radical (unpaired) electrons. The number of methoxy groups -OCH3 is 2. The molecular formula is C39H56ClN3O13. The summed E-state index contributed by atoms with van der Waals surface area (Å²) in [7, 11) is 5.68. The van der Waals surface area contributed by atoms with E-state index in [-0.39, 0.29) is 35.2 Å². The Bertz CT molecular complexity index is 1700. The maximum absolute atomic E-state index is 14.0. The van der Waals surface area contributed by atoms with Crippen LogP contribution >= 0.6 is 11.6 Å². The summed E-state index contributed by atoms with van der Waals surface area (Å²) in [5.74, 6) is -2.94. The maximum Gasteiger partial charge on any atom is 0.409 e. The lowest BCUT2D eigenvalue weighted by Gasteiger charge is -2.42. The number of carbonyl (C=O) groups is 5. The lowest BCUT2D eigenvalue weighted by molar-refractivity contribution is -0.169. The molecule has 4 N–H and O–H groups in total. The molecule has 1 aromatic carbocycles. The van der Waals surface area contributed by atoms with Gasteiger partial charge in [0.2, 0.25) is 5.91 Å². The van der Waals surface area contributed by atoms with Crippen LogP contribution in [-0.4, -0.2) is 126 Å². The number of aliphatic hydroxyl groups excluding tert-OH is 1. The Balaban J connectivity index is 0.00000109. The van der Waals surface area contributed by atoms with E-state index in [4.69, 9.17) is 40.4 Å². The quantitative estimate of drug-likeness (QED) is 0.229. The molecule has 312 valence electrons. The molecule has 0 aromatic heterocycles. The molecule has 3 heterocycles. The van der Waals surface area contributed by atoms with Crippen molar-refractivity contribution in [3.8, 4) is 5.75 Å². The third-order valence-corrected chi connectivity index (χ3v) is 10.6. The van der Waals surface area contributed by atoms with E-state index < -0.39 is 83.7 Å². The number of rotatable bonds is 7. The minimum absolute atomic E-state index is 0.110. The summed E-state index contributed by atoms with van der Waals surface area (Å²) in [4.78, 5) is 64.4. The van der Waals surface area contributed by atoms with E-state index >= 15 is 0 Å². The van der Waals surface area contributed by atoms with Crippen molar-refractivity contribution >= 4 is 47.1 Å². The van der Waals surface area contributed by atoms with Gasteiger partial charge in [-0.3, -0.25) is 19.7 Å². The number of carbonyl (C=O) groups excluding carboxylic acids is 4. The first-order valence-corrected chi connectivity index (χ1v) is 18.6. The lowest BCUT2D eigenvalue weighted by Crippen LogP contribution is -2.63. The fourth-order valence-electron chi connectivity index (χ4n) is 6.73. The topological polar surface area (TPSA) is 214 Å². The van der Waals surface area contributed by atoms with Gasteiger partial charge in [0.25, 0.3) is 5.91 Å². The van der Waals surface area contributed by atoms with E-state index in [1.165, 1.54) is 42.2 Å². The number of likely N-dealkylation sites (N-methyl/N-ethyl adjacent to an activating group) is 2. The molecule has 0 spiro atoms. The number of carboxylic acid groups (broad SMARTS) is 1. The zero-order valence-electron chi connectivity index (χ0n) is 33.8. The first-order valence-electron chi connectivity index (χ1n) is 18.2. The van der Waals surface area contributed by atoms with Gasteiger partial charge in [-0.15, -0.1) is 0 Å². The number of hydrogen-bond acceptors (Lipinski definition) is 12. The van der Waals surface area contributed by atoms with Crippen molar-refractivity contribution in [2.24, 2.45) is 11.8 Å². The molecular weight excluding hydrogens is 754 g/mol. The smallest absolute Gasteiger partial charge is 0.409 e. The summed E-state index contributed by atoms with van der Waals surface area (Å²) in [6.07, 6.45) is -1.46. The molecule has 4 bridgehead atoms. The van der Waals surface area contributed by atoms with Gasteiger partial charge in [-0.25, -0.2) is 9.59 Å². The van der Waals surface area contributed by atoms with E-state index in [0.717, 1.165) is 20.9 Å². The minimum Gasteiger partial charge on any atom is -0.495 e. The number of carboxylic acids is 1. The van der Waals surface area contributed by atoms with Crippen LogP contribution in [0.4, 0.5) is 10.5 Å². The number of ether oxygens (including phenoxy) is 5. The Labute approximate surface area is 332 Å². The number of nitrogens with one attached hydrogen (secondary N) is 1. The van der Waals surface area contributed by atoms with Crippen LogP contribution in [0.2, 0.25) is 5.02 Å². The number of amides is 3. The van der Waals surface area contributed by atoms with Crippen LogP contribution in [-0.2, 0) is 44.5 Å². The van der Waals surface area contributed by atoms with E-state index in [9.17, 15) is 34.2 Å². The van der Waals surface area contributed by atoms with Crippen LogP contribution in [0.15, 0.2) is 35.9 Å². The number of epoxide rings is 1. The van der Waals surface area contributed by atoms with Gasteiger partial charge in [0.05, 0.1) is 18.9 Å². The average Bonchev–Trinajstić information content (AvgIpc) is 3.81. The number of hydrogen-bond donors (Lipinski definition) is 4. The number of aliphatic hydroxyl groups is 2. The molecule has 56 heavy (non-hydrogen) atoms. The third-order valence-electron chi connectivity index (χ3n) is 10.3. The highest BCUT2D eigenvalue weighted by Gasteiger charge is 2.66. The number of nitrogens with zero attached hydrogens (tertiary/aromatic N) is 2. The van der Waals surface area contributed by atoms with E-state index in [0.29, 0.717) is 6.42 Å². The normalized spacial score (nSPS) is 31.2. The average molecular weight is 810 g/mol. The predicted molar refractivity (Wildman–Crippen MR) is 205 cm³/mol. The first kappa shape index (κ1) is 46.2. The number of benzene rings is 1. The van der Waals surface area contributed by atoms with E-state index in [2.05, 4.69) is 5.32 Å². The second-order valence-corrected chi connectivity index (χ2v) is 15.5. The van der Waals surface area contributed by atoms with Crippen molar-refractivity contribution in [1.82, 2.24) is 10.2 Å². The molecule has 17 heteroatoms. The maximum atomic E-state index is 14.0. The van der Waals surface area contributed by atoms with E-state index in [1.54, 1.807) is 38.1 Å². The third kappa shape index (κ3) is 10.8. The van der Waals surface area contributed by atoms with Crippen molar-refractivity contribution in [1.29, 1.82) is 0 Å². The fraction of sp³-hybridized carbons (Fsp3) is 0.615. The summed E-state index contributed by atoms with van der Waals surface area (Å²) in [6, 6.07) is 2.34. The predicted octanol–water partition coefficient (Wildman–Crippen LogP) is 3.62. The molecule has 3 aliphatic rings. The SMILES string of the molecule is CC(C)CC(=O)O.COc1cc2cc(c1Cl)N(C)C(=O)C(O)[C@H](OC(=O)[C@H](C)N(C)C(C)=O)[C@]1(C)O[C@H]1[C@H](C)[C@@H]1C[C@@](O)(NC(=O)O1)C(OC)/C=C/C=C(\C)C2. The van der Waals surface area contributed by atoms with Crippen LogP contribution in [0.3, 0.4) is 0 Å². The van der Waals surface area contributed by atoms with Gasteiger partial charge in [0.15, 0.2) is 17.9 Å². The minimum atomic E-state index is -1.98. The Kier molecular flexibility index (Phi) is 15.5. The molecule has 0 saturated carbocycles. The monoisotopic (exact) mass is 809 g/mol. The van der Waals surface area contributed by atoms with Crippen LogP contribution < -0.4 is 15.0 Å². The highest BCUT2D eigenvalue weighted by Crippen LogP contribution is 2.49. The molecule has 3 amide bonds. The molecule has 2 fully saturated rings. The van der Waals surface area contributed by atoms with Gasteiger partial charge in [0.1, 0.15) is 34.6 Å². The largest absolute Gasteiger partial charge is 0.495 e. The second-order valence-electron chi connectivity index (χ2n) is 15.1. The zero-order chi connectivity index (χ0) is 42.4. The van der Waals surface area contributed by atoms with Crippen LogP contribution in [0, 0.1) is 11.8 Å². The molecule has 3 aliphatic heterocycles. The summed E-state index contributed by atoms with van der Waals surface area (Å²) in [5, 5.41) is 34.0. The highest BCUT2D eigenvalue weighted by molar-refractivity contribution is 6.35. The van der Waals surface area contributed by atoms with E-state index in [1.807, 2.05) is 26.8 Å². The molecule has 4 rings (SSSR count). The number of esters is 1. The molecule has 16 nitrogen and oxygen atoms in total. The van der Waals surface area contributed by atoms with Gasteiger partial charge in [-0.05, 0) is 50.8 Å². The van der Waals surface area contributed by atoms with Gasteiger partial charge in [-0.1, -0.05) is 56.2 Å². The fourth-order valence-corrected chi connectivity index (χ4v) is 7.04. The molecule has 0 aliphatic carbocycles. The Hall–Kier alpha value is -4.22. The summed E-state index contributed by atoms with van der Waals surface area (Å²) in [6.45, 7) is 11.7. The van der Waals surface area contributed by atoms with Crippen molar-refractivity contribution in [3.05, 3.63) is 46.5 Å². The number of aliphatic carboxylic acids is 1. The van der Waals surface area contributed by atoms with Gasteiger partial charge < -0.3 is 48.8 Å². The Morgan fingerprint density at radius 1 is 1.18 bits per heavy atom. The van der Waals surface area contributed by atoms with Gasteiger partial charge in [0, 0.05) is 46.9 Å². The molecule has 9 atom stereocenters. The second kappa shape index (κ2) is 18.8. The van der Waals surface area contributed by atoms with Crippen molar-refractivity contribution in [2.75, 3.05) is 33.2 Å². The zero-order valence-corrected chi connectivity index (χ0v) is 34.6. The highest BCUT2D eigenvalue weighted by atomic mass is 35.5. The first-order chi connectivity index (χ1) is 26.0. The summed E-state index contributed by atoms with van der Waals surface area (Å²) in [5.41, 5.74) is -1.50. The van der Waals surface area contributed by atoms with Crippen LogP contribution in [0.1, 0.15) is 66.9 Å². The lowest BCUT2D eigenvalue weighted by atomic mass is 9.83.